The fourth-order valence-corrected chi connectivity index (χ4v) is 2.45. The van der Waals surface area contributed by atoms with Gasteiger partial charge in [0, 0.05) is 23.6 Å². The summed E-state index contributed by atoms with van der Waals surface area (Å²) in [6.45, 7) is 1.28. The molecule has 0 bridgehead atoms. The summed E-state index contributed by atoms with van der Waals surface area (Å²) in [6.07, 6.45) is 2.63. The number of thiazole rings is 1. The standard InChI is InChI=1S/C15H12ClN3O5S/c1-9-17-10(8-25-9)2-5-15(21)24-7-14(20)18-13-6-11(19(22)23)3-4-12(13)16/h2-6,8H,7H2,1H3,(H,18,20)/b5-2+. The SMILES string of the molecule is Cc1nc(/C=C/C(=O)OCC(=O)Nc2cc([N+](=O)[O-])ccc2Cl)cs1. The predicted molar refractivity (Wildman–Crippen MR) is 93.6 cm³/mol. The Morgan fingerprint density at radius 2 is 2.24 bits per heavy atom. The van der Waals surface area contributed by atoms with E-state index in [2.05, 4.69) is 10.3 Å². The summed E-state index contributed by atoms with van der Waals surface area (Å²) in [5, 5.41) is 15.8. The van der Waals surface area contributed by atoms with Gasteiger partial charge < -0.3 is 10.1 Å². The third-order valence-corrected chi connectivity index (χ3v) is 3.93. The number of hydrogen-bond acceptors (Lipinski definition) is 7. The minimum Gasteiger partial charge on any atom is -0.452 e. The van der Waals surface area contributed by atoms with Crippen molar-refractivity contribution >= 4 is 52.3 Å². The largest absolute Gasteiger partial charge is 0.452 e. The van der Waals surface area contributed by atoms with Gasteiger partial charge in [-0.1, -0.05) is 11.6 Å². The topological polar surface area (TPSA) is 111 Å². The van der Waals surface area contributed by atoms with Crippen LogP contribution in [-0.4, -0.2) is 28.4 Å². The molecule has 2 aromatic rings. The molecule has 1 aromatic carbocycles. The quantitative estimate of drug-likeness (QED) is 0.356. The molecule has 25 heavy (non-hydrogen) atoms. The fourth-order valence-electron chi connectivity index (χ4n) is 1.70. The molecular formula is C15H12ClN3O5S. The number of nitrogens with one attached hydrogen (secondary N) is 1. The first kappa shape index (κ1) is 18.6. The number of esters is 1. The van der Waals surface area contributed by atoms with E-state index in [1.165, 1.54) is 29.5 Å². The number of halogens is 1. The van der Waals surface area contributed by atoms with E-state index in [1.807, 2.05) is 6.92 Å². The Kier molecular flexibility index (Phi) is 6.20. The highest BCUT2D eigenvalue weighted by Crippen LogP contribution is 2.26. The van der Waals surface area contributed by atoms with E-state index in [4.69, 9.17) is 16.3 Å². The van der Waals surface area contributed by atoms with Crippen molar-refractivity contribution in [3.05, 3.63) is 55.5 Å². The first-order valence-corrected chi connectivity index (χ1v) is 8.11. The lowest BCUT2D eigenvalue weighted by Gasteiger charge is -2.07. The number of anilines is 1. The Morgan fingerprint density at radius 1 is 1.48 bits per heavy atom. The molecule has 0 atom stereocenters. The zero-order valence-electron chi connectivity index (χ0n) is 12.9. The van der Waals surface area contributed by atoms with Crippen molar-refractivity contribution in [2.45, 2.75) is 6.92 Å². The van der Waals surface area contributed by atoms with Crippen LogP contribution < -0.4 is 5.32 Å². The first-order valence-electron chi connectivity index (χ1n) is 6.86. The van der Waals surface area contributed by atoms with Gasteiger partial charge in [0.15, 0.2) is 6.61 Å². The maximum Gasteiger partial charge on any atom is 0.331 e. The van der Waals surface area contributed by atoms with Crippen molar-refractivity contribution in [3.63, 3.8) is 0 Å². The summed E-state index contributed by atoms with van der Waals surface area (Å²) in [4.78, 5) is 37.6. The molecule has 0 saturated heterocycles. The van der Waals surface area contributed by atoms with E-state index in [1.54, 1.807) is 5.38 Å². The van der Waals surface area contributed by atoms with Crippen LogP contribution in [0.15, 0.2) is 29.7 Å². The number of benzene rings is 1. The Balaban J connectivity index is 1.88. The number of ether oxygens (including phenoxy) is 1. The third kappa shape index (κ3) is 5.66. The number of non-ortho nitro benzene ring substituents is 1. The van der Waals surface area contributed by atoms with Gasteiger partial charge in [-0.2, -0.15) is 0 Å². The van der Waals surface area contributed by atoms with Crippen LogP contribution in [0.4, 0.5) is 11.4 Å². The van der Waals surface area contributed by atoms with Gasteiger partial charge in [-0.05, 0) is 19.1 Å². The number of hydrogen-bond donors (Lipinski definition) is 1. The van der Waals surface area contributed by atoms with Crippen LogP contribution >= 0.6 is 22.9 Å². The number of aromatic nitrogens is 1. The summed E-state index contributed by atoms with van der Waals surface area (Å²) in [6, 6.07) is 3.62. The second-order valence-electron chi connectivity index (χ2n) is 4.70. The monoisotopic (exact) mass is 381 g/mol. The van der Waals surface area contributed by atoms with Gasteiger partial charge in [0.05, 0.1) is 26.3 Å². The van der Waals surface area contributed by atoms with Gasteiger partial charge in [0.2, 0.25) is 0 Å². The highest BCUT2D eigenvalue weighted by molar-refractivity contribution is 7.09. The number of nitrogens with zero attached hydrogens (tertiary/aromatic N) is 2. The Hall–Kier alpha value is -2.78. The molecule has 1 amide bonds. The molecule has 0 aliphatic rings. The zero-order chi connectivity index (χ0) is 18.4. The number of rotatable bonds is 6. The van der Waals surface area contributed by atoms with Gasteiger partial charge >= 0.3 is 5.97 Å². The second-order valence-corrected chi connectivity index (χ2v) is 6.17. The molecule has 0 spiro atoms. The van der Waals surface area contributed by atoms with Crippen molar-refractivity contribution < 1.29 is 19.2 Å². The smallest absolute Gasteiger partial charge is 0.331 e. The van der Waals surface area contributed by atoms with Gasteiger partial charge in [-0.15, -0.1) is 11.3 Å². The van der Waals surface area contributed by atoms with Crippen molar-refractivity contribution in [3.8, 4) is 0 Å². The summed E-state index contributed by atoms with van der Waals surface area (Å²) in [5.74, 6) is -1.39. The number of carbonyl (C=O) groups excluding carboxylic acids is 2. The Labute approximate surface area is 151 Å². The average molecular weight is 382 g/mol. The van der Waals surface area contributed by atoms with Crippen LogP contribution in [0.1, 0.15) is 10.7 Å². The highest BCUT2D eigenvalue weighted by Gasteiger charge is 2.13. The maximum absolute atomic E-state index is 11.8. The normalized spacial score (nSPS) is 10.6. The van der Waals surface area contributed by atoms with Crippen LogP contribution in [0, 0.1) is 17.0 Å². The van der Waals surface area contributed by atoms with Gasteiger partial charge in [0.25, 0.3) is 11.6 Å². The first-order chi connectivity index (χ1) is 11.8. The van der Waals surface area contributed by atoms with Crippen molar-refractivity contribution in [1.29, 1.82) is 0 Å². The van der Waals surface area contributed by atoms with E-state index in [-0.39, 0.29) is 16.4 Å². The average Bonchev–Trinajstić information content (AvgIpc) is 2.98. The maximum atomic E-state index is 11.8. The Bertz CT molecular complexity index is 849. The van der Waals surface area contributed by atoms with Crippen LogP contribution in [-0.2, 0) is 14.3 Å². The summed E-state index contributed by atoms with van der Waals surface area (Å²) < 4.78 is 4.78. The number of nitro groups is 1. The van der Waals surface area contributed by atoms with E-state index in [9.17, 15) is 19.7 Å². The predicted octanol–water partition coefficient (Wildman–Crippen LogP) is 3.21. The van der Waals surface area contributed by atoms with Crippen molar-refractivity contribution in [1.82, 2.24) is 4.98 Å². The lowest BCUT2D eigenvalue weighted by atomic mass is 10.3. The lowest BCUT2D eigenvalue weighted by molar-refractivity contribution is -0.384. The summed E-state index contributed by atoms with van der Waals surface area (Å²) in [5.41, 5.74) is 0.455. The van der Waals surface area contributed by atoms with Gasteiger partial charge in [-0.3, -0.25) is 14.9 Å². The van der Waals surface area contributed by atoms with Gasteiger partial charge in [0.1, 0.15) is 0 Å². The summed E-state index contributed by atoms with van der Waals surface area (Å²) in [7, 11) is 0. The molecule has 0 saturated carbocycles. The minimum absolute atomic E-state index is 0.0606. The van der Waals surface area contributed by atoms with Crippen LogP contribution in [0.5, 0.6) is 0 Å². The second kappa shape index (κ2) is 8.36. The number of nitro benzene ring substituents is 1. The molecular weight excluding hydrogens is 370 g/mol. The van der Waals surface area contributed by atoms with Crippen molar-refractivity contribution in [2.75, 3.05) is 11.9 Å². The molecule has 0 aliphatic heterocycles. The lowest BCUT2D eigenvalue weighted by Crippen LogP contribution is -2.20. The van der Waals surface area contributed by atoms with E-state index in [0.717, 1.165) is 17.2 Å². The fraction of sp³-hybridized carbons (Fsp3) is 0.133. The molecule has 1 aromatic heterocycles. The molecule has 0 aliphatic carbocycles. The van der Waals surface area contributed by atoms with Crippen LogP contribution in [0.3, 0.4) is 0 Å². The molecule has 10 heteroatoms. The van der Waals surface area contributed by atoms with Crippen molar-refractivity contribution in [2.24, 2.45) is 0 Å². The van der Waals surface area contributed by atoms with Gasteiger partial charge in [-0.25, -0.2) is 9.78 Å². The third-order valence-electron chi connectivity index (χ3n) is 2.81. The molecule has 0 radical (unpaired) electrons. The number of carbonyl (C=O) groups is 2. The van der Waals surface area contributed by atoms with Crippen LogP contribution in [0.2, 0.25) is 5.02 Å². The number of amides is 1. The molecule has 1 N–H and O–H groups in total. The van der Waals surface area contributed by atoms with Crippen LogP contribution in [0.25, 0.3) is 6.08 Å². The highest BCUT2D eigenvalue weighted by atomic mass is 35.5. The van der Waals surface area contributed by atoms with E-state index < -0.39 is 23.4 Å². The molecule has 8 nitrogen and oxygen atoms in total. The zero-order valence-corrected chi connectivity index (χ0v) is 14.5. The molecule has 0 unspecified atom stereocenters. The number of aryl methyl sites for hydroxylation is 1. The summed E-state index contributed by atoms with van der Waals surface area (Å²) >= 11 is 7.31. The molecule has 0 fully saturated rings. The molecule has 2 rings (SSSR count). The minimum atomic E-state index is -0.717. The Morgan fingerprint density at radius 3 is 2.88 bits per heavy atom. The molecule has 1 heterocycles. The molecule has 130 valence electrons. The van der Waals surface area contributed by atoms with E-state index >= 15 is 0 Å². The van der Waals surface area contributed by atoms with E-state index in [0.29, 0.717) is 5.69 Å².